The predicted octanol–water partition coefficient (Wildman–Crippen LogP) is 1.63. The van der Waals surface area contributed by atoms with Gasteiger partial charge in [-0.3, -0.25) is 0 Å². The zero-order valence-corrected chi connectivity index (χ0v) is 7.62. The van der Waals surface area contributed by atoms with E-state index in [1.807, 2.05) is 19.1 Å². The molecular weight excluding hydrogens is 200 g/mol. The van der Waals surface area contributed by atoms with Crippen LogP contribution in [0.25, 0.3) is 0 Å². The third-order valence-corrected chi connectivity index (χ3v) is 0.329. The van der Waals surface area contributed by atoms with E-state index in [4.69, 9.17) is 14.0 Å². The van der Waals surface area contributed by atoms with Gasteiger partial charge in [-0.1, -0.05) is 24.8 Å². The Hall–Kier alpha value is -0.781. The van der Waals surface area contributed by atoms with E-state index in [-0.39, 0.29) is 17.1 Å². The standard InChI is InChI=1S/C5H8.3CO.Fe/c1-3-5-4-2;3*1-2;/h3-5H,1H2,2H3;;;;/b5-4+;;;;. The maximum Gasteiger partial charge on any atom is 0 e. The molecule has 0 spiro atoms. The third kappa shape index (κ3) is 419. The summed E-state index contributed by atoms with van der Waals surface area (Å²) in [5, 5.41) is 0. The average Bonchev–Trinajstić information content (AvgIpc) is 2.16. The van der Waals surface area contributed by atoms with Crippen LogP contribution >= 0.6 is 0 Å². The minimum absolute atomic E-state index is 0. The molecule has 0 aromatic heterocycles. The Bertz CT molecular complexity index is 119. The minimum Gasteiger partial charge on any atom is 0 e. The van der Waals surface area contributed by atoms with E-state index in [1.54, 1.807) is 6.08 Å². The Morgan fingerprint density at radius 2 is 1.25 bits per heavy atom. The molecule has 0 atom stereocenters. The number of hydrogen-bond acceptors (Lipinski definition) is 0. The summed E-state index contributed by atoms with van der Waals surface area (Å²) in [6.45, 7) is 18.9. The Balaban J connectivity index is -0.0000000203. The third-order valence-electron chi connectivity index (χ3n) is 0.329. The maximum atomic E-state index is 7.50. The number of allylic oxidation sites excluding steroid dienone is 3. The van der Waals surface area contributed by atoms with Crippen molar-refractivity contribution in [1.29, 1.82) is 0 Å². The van der Waals surface area contributed by atoms with Crippen molar-refractivity contribution in [3.8, 4) is 0 Å². The van der Waals surface area contributed by atoms with Gasteiger partial charge in [0.1, 0.15) is 0 Å². The first-order valence-corrected chi connectivity index (χ1v) is 2.26. The summed E-state index contributed by atoms with van der Waals surface area (Å²) in [4.78, 5) is 0. The van der Waals surface area contributed by atoms with Gasteiger partial charge in [-0.25, -0.2) is 0 Å². The summed E-state index contributed by atoms with van der Waals surface area (Å²) in [5.74, 6) is 0. The first-order chi connectivity index (χ1) is 5.41. The Morgan fingerprint density at radius 1 is 1.00 bits per heavy atom. The molecule has 0 amide bonds. The zero-order valence-electron chi connectivity index (χ0n) is 6.52. The van der Waals surface area contributed by atoms with Crippen molar-refractivity contribution in [2.45, 2.75) is 6.92 Å². The van der Waals surface area contributed by atoms with Crippen molar-refractivity contribution in [2.75, 3.05) is 0 Å². The first kappa shape index (κ1) is 30.3. The van der Waals surface area contributed by atoms with Crippen LogP contribution in [0.5, 0.6) is 0 Å². The minimum atomic E-state index is 0. The molecule has 0 N–H and O–H groups in total. The number of rotatable bonds is 1. The fraction of sp³-hybridized carbons (Fsp3) is 0.125. The fourth-order valence-electron chi connectivity index (χ4n) is 0.136. The van der Waals surface area contributed by atoms with Crippen molar-refractivity contribution in [2.24, 2.45) is 0 Å². The molecule has 0 aliphatic heterocycles. The van der Waals surface area contributed by atoms with Crippen molar-refractivity contribution in [3.05, 3.63) is 44.8 Å². The average molecular weight is 208 g/mol. The molecule has 0 aromatic carbocycles. The summed E-state index contributed by atoms with van der Waals surface area (Å²) in [6, 6.07) is 0. The first-order valence-electron chi connectivity index (χ1n) is 2.26. The summed E-state index contributed by atoms with van der Waals surface area (Å²) in [6.07, 6.45) is 5.58. The SMILES string of the molecule is C=C/C=C/C.[C-]#[O+].[C-]#[O+].[C-]#[O+].[Fe]. The summed E-state index contributed by atoms with van der Waals surface area (Å²) < 4.78 is 22.5. The van der Waals surface area contributed by atoms with E-state index in [0.29, 0.717) is 0 Å². The van der Waals surface area contributed by atoms with Crippen LogP contribution < -0.4 is 0 Å². The molecule has 0 saturated carbocycles. The van der Waals surface area contributed by atoms with Crippen LogP contribution in [0.2, 0.25) is 0 Å². The topological polar surface area (TPSA) is 59.7 Å². The van der Waals surface area contributed by atoms with Crippen LogP contribution in [0.3, 0.4) is 0 Å². The van der Waals surface area contributed by atoms with Crippen molar-refractivity contribution < 1.29 is 31.0 Å². The molecule has 0 rings (SSSR count). The molecule has 0 bridgehead atoms. The van der Waals surface area contributed by atoms with Gasteiger partial charge in [0.25, 0.3) is 0 Å². The molecule has 0 saturated heterocycles. The summed E-state index contributed by atoms with van der Waals surface area (Å²) >= 11 is 0. The van der Waals surface area contributed by atoms with Gasteiger partial charge in [0.15, 0.2) is 0 Å². The molecule has 0 unspecified atom stereocenters. The van der Waals surface area contributed by atoms with Crippen LogP contribution in [-0.2, 0) is 31.0 Å². The van der Waals surface area contributed by atoms with E-state index < -0.39 is 0 Å². The fourth-order valence-corrected chi connectivity index (χ4v) is 0.136. The maximum absolute atomic E-state index is 7.50. The van der Waals surface area contributed by atoms with E-state index in [1.165, 1.54) is 0 Å². The van der Waals surface area contributed by atoms with Crippen LogP contribution in [0.15, 0.2) is 24.8 Å². The molecule has 0 aliphatic rings. The monoisotopic (exact) mass is 208 g/mol. The molecule has 0 radical (unpaired) electrons. The smallest absolute Gasteiger partial charge is 0 e. The van der Waals surface area contributed by atoms with Gasteiger partial charge in [-0.2, -0.15) is 0 Å². The number of hydrogen-bond donors (Lipinski definition) is 0. The van der Waals surface area contributed by atoms with Gasteiger partial charge in [0, 0.05) is 17.1 Å². The van der Waals surface area contributed by atoms with Crippen molar-refractivity contribution in [3.63, 3.8) is 0 Å². The molecule has 0 aromatic rings. The summed E-state index contributed by atoms with van der Waals surface area (Å²) in [5.41, 5.74) is 0. The van der Waals surface area contributed by atoms with E-state index in [9.17, 15) is 0 Å². The molecule has 66 valence electrons. The Kier molecular flexibility index (Phi) is 445. The normalized spacial score (nSPS) is 4.25. The molecule has 3 nitrogen and oxygen atoms in total. The van der Waals surface area contributed by atoms with Crippen LogP contribution in [0.4, 0.5) is 0 Å². The molecular formula is C8H8FeO3. The second-order valence-electron chi connectivity index (χ2n) is 0.761. The van der Waals surface area contributed by atoms with Gasteiger partial charge >= 0.3 is 33.9 Å². The van der Waals surface area contributed by atoms with Crippen molar-refractivity contribution in [1.82, 2.24) is 0 Å². The van der Waals surface area contributed by atoms with Gasteiger partial charge in [-0.15, -0.1) is 0 Å². The molecule has 0 heterocycles. The quantitative estimate of drug-likeness (QED) is 0.272. The van der Waals surface area contributed by atoms with E-state index in [2.05, 4.69) is 26.5 Å². The van der Waals surface area contributed by atoms with Gasteiger partial charge in [0.05, 0.1) is 0 Å². The van der Waals surface area contributed by atoms with Gasteiger partial charge in [-0.05, 0) is 6.92 Å². The van der Waals surface area contributed by atoms with Gasteiger partial charge in [0.2, 0.25) is 0 Å². The second kappa shape index (κ2) is 176. The predicted molar refractivity (Wildman–Crippen MR) is 36.8 cm³/mol. The van der Waals surface area contributed by atoms with Crippen LogP contribution in [-0.4, -0.2) is 0 Å². The molecule has 12 heavy (non-hydrogen) atoms. The molecule has 0 fully saturated rings. The van der Waals surface area contributed by atoms with Gasteiger partial charge < -0.3 is 0 Å². The molecule has 0 aliphatic carbocycles. The zero-order chi connectivity index (χ0) is 10.1. The van der Waals surface area contributed by atoms with E-state index >= 15 is 0 Å². The largest absolute Gasteiger partial charge is 0 e. The van der Waals surface area contributed by atoms with Crippen LogP contribution in [0.1, 0.15) is 6.92 Å². The van der Waals surface area contributed by atoms with Crippen molar-refractivity contribution >= 4 is 0 Å². The summed E-state index contributed by atoms with van der Waals surface area (Å²) in [7, 11) is 0. The molecule has 4 heteroatoms. The second-order valence-corrected chi connectivity index (χ2v) is 0.761. The van der Waals surface area contributed by atoms with E-state index in [0.717, 1.165) is 0 Å². The Morgan fingerprint density at radius 3 is 1.25 bits per heavy atom. The van der Waals surface area contributed by atoms with Crippen LogP contribution in [0, 0.1) is 20.0 Å². The Labute approximate surface area is 83.2 Å².